The van der Waals surface area contributed by atoms with Gasteiger partial charge in [0, 0.05) is 17.2 Å². The van der Waals surface area contributed by atoms with Crippen molar-refractivity contribution < 1.29 is 18.3 Å². The fourth-order valence-electron chi connectivity index (χ4n) is 3.29. The van der Waals surface area contributed by atoms with Crippen molar-refractivity contribution in [3.63, 3.8) is 0 Å². The number of carbonyl (C=O) groups excluding carboxylic acids is 1. The lowest BCUT2D eigenvalue weighted by Crippen LogP contribution is -2.45. The predicted octanol–water partition coefficient (Wildman–Crippen LogP) is 3.36. The van der Waals surface area contributed by atoms with E-state index >= 15 is 0 Å². The number of hydrogen-bond donors (Lipinski definition) is 1. The van der Waals surface area contributed by atoms with Gasteiger partial charge in [-0.05, 0) is 25.3 Å². The van der Waals surface area contributed by atoms with E-state index in [9.17, 15) is 13.6 Å². The third-order valence-corrected chi connectivity index (χ3v) is 5.27. The zero-order chi connectivity index (χ0) is 15.7. The number of amides is 1. The third-order valence-electron chi connectivity index (χ3n) is 4.28. The van der Waals surface area contributed by atoms with Gasteiger partial charge in [0.15, 0.2) is 0 Å². The first-order chi connectivity index (χ1) is 10.5. The van der Waals surface area contributed by atoms with Gasteiger partial charge in [0.05, 0.1) is 5.54 Å². The van der Waals surface area contributed by atoms with Crippen molar-refractivity contribution in [2.24, 2.45) is 16.6 Å². The number of halogens is 2. The summed E-state index contributed by atoms with van der Waals surface area (Å²) in [6.45, 7) is 0. The van der Waals surface area contributed by atoms with Gasteiger partial charge in [-0.15, -0.1) is 0 Å². The molecule has 1 aliphatic carbocycles. The molecule has 1 aromatic rings. The largest absolute Gasteiger partial charge is 0.411 e. The normalized spacial score (nSPS) is 31.1. The highest BCUT2D eigenvalue weighted by atomic mass is 32.2. The minimum Gasteiger partial charge on any atom is -0.385 e. The Hall–Kier alpha value is -1.63. The number of ether oxygens (including phenoxy) is 1. The molecule has 4 nitrogen and oxygen atoms in total. The molecule has 1 aromatic carbocycles. The van der Waals surface area contributed by atoms with Crippen molar-refractivity contribution in [3.8, 4) is 0 Å². The minimum atomic E-state index is -0.951. The van der Waals surface area contributed by atoms with Gasteiger partial charge in [-0.2, -0.15) is 0 Å². The molecule has 22 heavy (non-hydrogen) atoms. The van der Waals surface area contributed by atoms with Gasteiger partial charge in [0.2, 0.25) is 0 Å². The fraction of sp³-hybridized carbons (Fsp3) is 0.467. The first kappa shape index (κ1) is 15.3. The minimum absolute atomic E-state index is 0.129. The Labute approximate surface area is 131 Å². The van der Waals surface area contributed by atoms with Gasteiger partial charge in [0.25, 0.3) is 5.23 Å². The molecule has 0 aromatic heterocycles. The number of carbonyl (C=O) groups is 1. The molecule has 7 heteroatoms. The lowest BCUT2D eigenvalue weighted by atomic mass is 9.69. The van der Waals surface area contributed by atoms with Crippen molar-refractivity contribution in [1.29, 1.82) is 0 Å². The number of thioether (sulfide) groups is 1. The van der Waals surface area contributed by atoms with Crippen LogP contribution >= 0.6 is 11.8 Å². The highest BCUT2D eigenvalue weighted by Crippen LogP contribution is 2.50. The average molecular weight is 326 g/mol. The molecule has 3 unspecified atom stereocenters. The van der Waals surface area contributed by atoms with Crippen molar-refractivity contribution in [2.75, 3.05) is 5.75 Å². The summed E-state index contributed by atoms with van der Waals surface area (Å²) < 4.78 is 33.0. The number of hydrogen-bond acceptors (Lipinski definition) is 4. The third kappa shape index (κ3) is 2.69. The number of aliphatic imine (C=N–C) groups is 1. The maximum Gasteiger partial charge on any atom is 0.411 e. The average Bonchev–Trinajstić information content (AvgIpc) is 2.47. The van der Waals surface area contributed by atoms with Crippen molar-refractivity contribution in [3.05, 3.63) is 35.6 Å². The summed E-state index contributed by atoms with van der Waals surface area (Å²) in [5.41, 5.74) is 4.58. The van der Waals surface area contributed by atoms with Crippen LogP contribution < -0.4 is 5.73 Å². The van der Waals surface area contributed by atoms with Gasteiger partial charge in [0.1, 0.15) is 12.0 Å². The molecule has 3 atom stereocenters. The highest BCUT2D eigenvalue weighted by molar-refractivity contribution is 8.13. The van der Waals surface area contributed by atoms with Gasteiger partial charge in [-0.3, -0.25) is 0 Å². The van der Waals surface area contributed by atoms with Crippen LogP contribution in [0.25, 0.3) is 0 Å². The second-order valence-electron chi connectivity index (χ2n) is 5.58. The van der Waals surface area contributed by atoms with Crippen LogP contribution in [0.3, 0.4) is 0 Å². The molecule has 1 saturated carbocycles. The molecule has 2 aliphatic rings. The Balaban J connectivity index is 2.07. The van der Waals surface area contributed by atoms with Crippen molar-refractivity contribution >= 4 is 23.1 Å². The fourth-order valence-corrected chi connectivity index (χ4v) is 4.41. The smallest absolute Gasteiger partial charge is 0.385 e. The second-order valence-corrected chi connectivity index (χ2v) is 6.55. The van der Waals surface area contributed by atoms with Crippen LogP contribution in [0.5, 0.6) is 0 Å². The van der Waals surface area contributed by atoms with Crippen LogP contribution in [0.4, 0.5) is 13.6 Å². The topological polar surface area (TPSA) is 64.7 Å². The van der Waals surface area contributed by atoms with E-state index in [0.29, 0.717) is 30.6 Å². The molecular formula is C15H16F2N2O2S. The number of alkyl halides is 1. The number of fused-ring (bicyclic) bond motifs is 1. The zero-order valence-corrected chi connectivity index (χ0v) is 12.6. The van der Waals surface area contributed by atoms with Crippen LogP contribution in [0.15, 0.2) is 29.3 Å². The Morgan fingerprint density at radius 2 is 2.23 bits per heavy atom. The molecule has 0 radical (unpaired) electrons. The first-order valence-corrected chi connectivity index (χ1v) is 8.09. The monoisotopic (exact) mass is 326 g/mol. The Kier molecular flexibility index (Phi) is 4.08. The first-order valence-electron chi connectivity index (χ1n) is 7.10. The standard InChI is InChI=1S/C15H16F2N2O2S/c16-10-5-6-15(11-3-1-2-4-12(11)17)9(7-10)8-22-14(19-15)21-13(18)20/h1-4,9-10H,5-8H2,(H2,18,20). The molecule has 0 saturated heterocycles. The van der Waals surface area contributed by atoms with Crippen molar-refractivity contribution in [2.45, 2.75) is 31.0 Å². The van der Waals surface area contributed by atoms with E-state index in [2.05, 4.69) is 4.99 Å². The van der Waals surface area contributed by atoms with Crippen LogP contribution in [0, 0.1) is 11.7 Å². The maximum absolute atomic E-state index is 14.3. The molecule has 1 aliphatic heterocycles. The van der Waals surface area contributed by atoms with E-state index in [4.69, 9.17) is 10.5 Å². The number of primary amides is 1. The second kappa shape index (κ2) is 5.87. The van der Waals surface area contributed by atoms with Crippen LogP contribution in [0.2, 0.25) is 0 Å². The Bertz CT molecular complexity index is 625. The summed E-state index contributed by atoms with van der Waals surface area (Å²) in [7, 11) is 0. The van der Waals surface area contributed by atoms with Gasteiger partial charge < -0.3 is 10.5 Å². The molecule has 1 heterocycles. The summed E-state index contributed by atoms with van der Waals surface area (Å²) in [6.07, 6.45) is -0.837. The number of nitrogens with two attached hydrogens (primary N) is 1. The summed E-state index contributed by atoms with van der Waals surface area (Å²) in [6, 6.07) is 6.38. The maximum atomic E-state index is 14.3. The SMILES string of the molecule is NC(=O)OC1=NC2(c3ccccc3F)CCC(F)CC2CS1. The van der Waals surface area contributed by atoms with E-state index in [-0.39, 0.29) is 17.0 Å². The molecular weight excluding hydrogens is 310 g/mol. The molecule has 1 amide bonds. The molecule has 3 rings (SSSR count). The van der Waals surface area contributed by atoms with Gasteiger partial charge in [-0.1, -0.05) is 30.0 Å². The summed E-state index contributed by atoms with van der Waals surface area (Å²) in [5.74, 6) is -0.00168. The van der Waals surface area contributed by atoms with Gasteiger partial charge in [-0.25, -0.2) is 18.6 Å². The lowest BCUT2D eigenvalue weighted by molar-refractivity contribution is 0.121. The molecule has 1 fully saturated rings. The van der Waals surface area contributed by atoms with Crippen LogP contribution in [-0.4, -0.2) is 23.2 Å². The van der Waals surface area contributed by atoms with E-state index < -0.39 is 17.8 Å². The number of benzene rings is 1. The molecule has 118 valence electrons. The van der Waals surface area contributed by atoms with Crippen LogP contribution in [-0.2, 0) is 10.3 Å². The zero-order valence-electron chi connectivity index (χ0n) is 11.8. The molecule has 0 spiro atoms. The highest BCUT2D eigenvalue weighted by Gasteiger charge is 2.49. The van der Waals surface area contributed by atoms with Crippen molar-refractivity contribution in [1.82, 2.24) is 0 Å². The van der Waals surface area contributed by atoms with E-state index in [1.807, 2.05) is 0 Å². The van der Waals surface area contributed by atoms with E-state index in [0.717, 1.165) is 0 Å². The van der Waals surface area contributed by atoms with E-state index in [1.165, 1.54) is 17.8 Å². The number of nitrogens with zero attached hydrogens (tertiary/aromatic N) is 1. The summed E-state index contributed by atoms with van der Waals surface area (Å²) >= 11 is 1.22. The predicted molar refractivity (Wildman–Crippen MR) is 80.9 cm³/mol. The Morgan fingerprint density at radius 3 is 2.95 bits per heavy atom. The Morgan fingerprint density at radius 1 is 1.45 bits per heavy atom. The lowest BCUT2D eigenvalue weighted by Gasteiger charge is -2.45. The van der Waals surface area contributed by atoms with E-state index in [1.54, 1.807) is 18.2 Å². The molecule has 0 bridgehead atoms. The summed E-state index contributed by atoms with van der Waals surface area (Å²) in [4.78, 5) is 15.5. The molecule has 2 N–H and O–H groups in total. The quantitative estimate of drug-likeness (QED) is 0.860. The summed E-state index contributed by atoms with van der Waals surface area (Å²) in [5, 5.41) is 0.129. The number of rotatable bonds is 1. The van der Waals surface area contributed by atoms with Gasteiger partial charge >= 0.3 is 6.09 Å². The van der Waals surface area contributed by atoms with Crippen LogP contribution in [0.1, 0.15) is 24.8 Å².